The van der Waals surface area contributed by atoms with Crippen molar-refractivity contribution in [3.8, 4) is 0 Å². The predicted molar refractivity (Wildman–Crippen MR) is 92.5 cm³/mol. The van der Waals surface area contributed by atoms with E-state index in [9.17, 15) is 9.59 Å². The topological polar surface area (TPSA) is 70.2 Å². The van der Waals surface area contributed by atoms with E-state index < -0.39 is 0 Å². The molecule has 1 aromatic rings. The largest absolute Gasteiger partial charge is 0.350 e. The monoisotopic (exact) mass is 317 g/mol. The molecule has 0 aliphatic carbocycles. The Labute approximate surface area is 138 Å². The van der Waals surface area contributed by atoms with Gasteiger partial charge in [0.2, 0.25) is 5.91 Å². The molecular formula is C18H27N3O2. The number of rotatable bonds is 6. The maximum Gasteiger partial charge on any atom is 0.251 e. The molecule has 0 unspecified atom stereocenters. The third kappa shape index (κ3) is 6.02. The quantitative estimate of drug-likeness (QED) is 0.755. The number of hydrogen-bond donors (Lipinski definition) is 3. The van der Waals surface area contributed by atoms with E-state index in [1.165, 1.54) is 0 Å². The fraction of sp³-hybridized carbons (Fsp3) is 0.556. The molecule has 126 valence electrons. The number of hydrogen-bond acceptors (Lipinski definition) is 3. The van der Waals surface area contributed by atoms with Gasteiger partial charge < -0.3 is 16.0 Å². The van der Waals surface area contributed by atoms with E-state index in [4.69, 9.17) is 0 Å². The van der Waals surface area contributed by atoms with Crippen molar-refractivity contribution in [1.29, 1.82) is 0 Å². The summed E-state index contributed by atoms with van der Waals surface area (Å²) in [7, 11) is 0. The average Bonchev–Trinajstić information content (AvgIpc) is 2.54. The Bertz CT molecular complexity index is 520. The van der Waals surface area contributed by atoms with Crippen LogP contribution in [0.15, 0.2) is 24.3 Å². The normalized spacial score (nSPS) is 15.4. The summed E-state index contributed by atoms with van der Waals surface area (Å²) in [6.07, 6.45) is 3.82. The van der Waals surface area contributed by atoms with Crippen LogP contribution in [0.3, 0.4) is 0 Å². The molecule has 2 amide bonds. The fourth-order valence-electron chi connectivity index (χ4n) is 2.78. The fourth-order valence-corrected chi connectivity index (χ4v) is 2.78. The summed E-state index contributed by atoms with van der Waals surface area (Å²) in [5, 5.41) is 9.08. The molecule has 1 saturated heterocycles. The molecular weight excluding hydrogens is 290 g/mol. The molecule has 5 heteroatoms. The molecule has 23 heavy (non-hydrogen) atoms. The van der Waals surface area contributed by atoms with E-state index in [2.05, 4.69) is 16.0 Å². The van der Waals surface area contributed by atoms with Crippen molar-refractivity contribution in [3.05, 3.63) is 29.8 Å². The number of anilines is 1. The SMILES string of the molecule is CC(C)NC(=O)c1ccc(NC(=O)CCC2CCNCC2)cc1. The van der Waals surface area contributed by atoms with Gasteiger partial charge in [0, 0.05) is 23.7 Å². The summed E-state index contributed by atoms with van der Waals surface area (Å²) >= 11 is 0. The third-order valence-electron chi connectivity index (χ3n) is 4.09. The molecule has 1 aliphatic heterocycles. The zero-order valence-corrected chi connectivity index (χ0v) is 14.0. The highest BCUT2D eigenvalue weighted by molar-refractivity contribution is 5.95. The second-order valence-corrected chi connectivity index (χ2v) is 6.49. The van der Waals surface area contributed by atoms with Crippen LogP contribution in [-0.2, 0) is 4.79 Å². The molecule has 1 aliphatic rings. The van der Waals surface area contributed by atoms with Gasteiger partial charge in [-0.3, -0.25) is 9.59 Å². The van der Waals surface area contributed by atoms with Gasteiger partial charge in [0.1, 0.15) is 0 Å². The number of benzene rings is 1. The Morgan fingerprint density at radius 1 is 1.17 bits per heavy atom. The molecule has 0 spiro atoms. The Hall–Kier alpha value is -1.88. The highest BCUT2D eigenvalue weighted by atomic mass is 16.2. The lowest BCUT2D eigenvalue weighted by molar-refractivity contribution is -0.116. The van der Waals surface area contributed by atoms with Gasteiger partial charge in [-0.2, -0.15) is 0 Å². The molecule has 0 bridgehead atoms. The van der Waals surface area contributed by atoms with Crippen molar-refractivity contribution >= 4 is 17.5 Å². The van der Waals surface area contributed by atoms with Crippen molar-refractivity contribution in [1.82, 2.24) is 10.6 Å². The van der Waals surface area contributed by atoms with Crippen LogP contribution in [0.1, 0.15) is 49.9 Å². The van der Waals surface area contributed by atoms with Gasteiger partial charge in [-0.15, -0.1) is 0 Å². The summed E-state index contributed by atoms with van der Waals surface area (Å²) in [5.41, 5.74) is 1.34. The molecule has 1 aromatic carbocycles. The Kier molecular flexibility index (Phi) is 6.59. The lowest BCUT2D eigenvalue weighted by atomic mass is 9.93. The van der Waals surface area contributed by atoms with Crippen LogP contribution in [0.2, 0.25) is 0 Å². The third-order valence-corrected chi connectivity index (χ3v) is 4.09. The Morgan fingerprint density at radius 2 is 1.83 bits per heavy atom. The standard InChI is InChI=1S/C18H27N3O2/c1-13(2)20-18(23)15-4-6-16(7-5-15)21-17(22)8-3-14-9-11-19-12-10-14/h4-7,13-14,19H,3,8-12H2,1-2H3,(H,20,23)(H,21,22). The summed E-state index contributed by atoms with van der Waals surface area (Å²) in [6.45, 7) is 5.97. The number of piperidine rings is 1. The van der Waals surface area contributed by atoms with E-state index in [0.29, 0.717) is 17.9 Å². The number of amides is 2. The van der Waals surface area contributed by atoms with Gasteiger partial charge in [0.25, 0.3) is 5.91 Å². The van der Waals surface area contributed by atoms with E-state index >= 15 is 0 Å². The van der Waals surface area contributed by atoms with Crippen LogP contribution < -0.4 is 16.0 Å². The van der Waals surface area contributed by atoms with Crippen molar-refractivity contribution < 1.29 is 9.59 Å². The summed E-state index contributed by atoms with van der Waals surface area (Å²) in [5.74, 6) is 0.607. The smallest absolute Gasteiger partial charge is 0.251 e. The highest BCUT2D eigenvalue weighted by Crippen LogP contribution is 2.18. The Morgan fingerprint density at radius 3 is 2.43 bits per heavy atom. The molecule has 1 heterocycles. The van der Waals surface area contributed by atoms with Crippen LogP contribution in [0.25, 0.3) is 0 Å². The molecule has 2 rings (SSSR count). The van der Waals surface area contributed by atoms with E-state index in [0.717, 1.165) is 38.0 Å². The van der Waals surface area contributed by atoms with Crippen LogP contribution in [0.4, 0.5) is 5.69 Å². The van der Waals surface area contributed by atoms with Crippen LogP contribution in [0, 0.1) is 5.92 Å². The first-order valence-corrected chi connectivity index (χ1v) is 8.46. The van der Waals surface area contributed by atoms with Crippen molar-refractivity contribution in [2.45, 2.75) is 45.6 Å². The number of carbonyl (C=O) groups is 2. The van der Waals surface area contributed by atoms with Crippen LogP contribution >= 0.6 is 0 Å². The molecule has 1 fully saturated rings. The van der Waals surface area contributed by atoms with Gasteiger partial charge in [0.15, 0.2) is 0 Å². The van der Waals surface area contributed by atoms with E-state index in [1.54, 1.807) is 24.3 Å². The maximum atomic E-state index is 12.0. The van der Waals surface area contributed by atoms with Gasteiger partial charge in [-0.25, -0.2) is 0 Å². The second-order valence-electron chi connectivity index (χ2n) is 6.49. The first kappa shape index (κ1) is 17.5. The van der Waals surface area contributed by atoms with Crippen LogP contribution in [0.5, 0.6) is 0 Å². The Balaban J connectivity index is 1.78. The summed E-state index contributed by atoms with van der Waals surface area (Å²) in [4.78, 5) is 23.9. The van der Waals surface area contributed by atoms with Gasteiger partial charge in [-0.1, -0.05) is 0 Å². The highest BCUT2D eigenvalue weighted by Gasteiger charge is 2.14. The summed E-state index contributed by atoms with van der Waals surface area (Å²) < 4.78 is 0. The van der Waals surface area contributed by atoms with E-state index in [-0.39, 0.29) is 17.9 Å². The van der Waals surface area contributed by atoms with E-state index in [1.807, 2.05) is 13.8 Å². The number of carbonyl (C=O) groups excluding carboxylic acids is 2. The zero-order valence-electron chi connectivity index (χ0n) is 14.0. The van der Waals surface area contributed by atoms with Gasteiger partial charge in [0.05, 0.1) is 0 Å². The molecule has 0 aromatic heterocycles. The molecule has 5 nitrogen and oxygen atoms in total. The molecule has 0 radical (unpaired) electrons. The average molecular weight is 317 g/mol. The summed E-state index contributed by atoms with van der Waals surface area (Å²) in [6, 6.07) is 7.13. The second kappa shape index (κ2) is 8.67. The molecule has 3 N–H and O–H groups in total. The first-order chi connectivity index (χ1) is 11.0. The van der Waals surface area contributed by atoms with Crippen LogP contribution in [-0.4, -0.2) is 30.9 Å². The zero-order chi connectivity index (χ0) is 16.7. The molecule has 0 saturated carbocycles. The minimum Gasteiger partial charge on any atom is -0.350 e. The molecule has 0 atom stereocenters. The lowest BCUT2D eigenvalue weighted by Gasteiger charge is -2.22. The lowest BCUT2D eigenvalue weighted by Crippen LogP contribution is -2.30. The minimum absolute atomic E-state index is 0.0444. The number of nitrogens with one attached hydrogen (secondary N) is 3. The minimum atomic E-state index is -0.0937. The van der Waals surface area contributed by atoms with Crippen molar-refractivity contribution in [3.63, 3.8) is 0 Å². The van der Waals surface area contributed by atoms with Gasteiger partial charge in [-0.05, 0) is 76.4 Å². The van der Waals surface area contributed by atoms with Crippen molar-refractivity contribution in [2.75, 3.05) is 18.4 Å². The van der Waals surface area contributed by atoms with Crippen molar-refractivity contribution in [2.24, 2.45) is 5.92 Å². The predicted octanol–water partition coefficient (Wildman–Crippen LogP) is 2.54. The first-order valence-electron chi connectivity index (χ1n) is 8.46. The maximum absolute atomic E-state index is 12.0. The van der Waals surface area contributed by atoms with Gasteiger partial charge >= 0.3 is 0 Å².